The summed E-state index contributed by atoms with van der Waals surface area (Å²) in [7, 11) is 0. The molecule has 0 saturated heterocycles. The van der Waals surface area contributed by atoms with Crippen molar-refractivity contribution in [1.82, 2.24) is 0 Å². The maximum absolute atomic E-state index is 11.8. The monoisotopic (exact) mass is 269 g/mol. The van der Waals surface area contributed by atoms with E-state index in [4.69, 9.17) is 16.7 Å². The molecule has 1 aromatic rings. The van der Waals surface area contributed by atoms with Gasteiger partial charge in [-0.3, -0.25) is 9.59 Å². The molecule has 2 N–H and O–H groups in total. The fraction of sp³-hybridized carbons (Fsp3) is 0.385. The summed E-state index contributed by atoms with van der Waals surface area (Å²) in [6, 6.07) is 5.29. The topological polar surface area (TPSA) is 66.4 Å². The molecule has 0 heterocycles. The van der Waals surface area contributed by atoms with Gasteiger partial charge in [-0.1, -0.05) is 23.7 Å². The smallest absolute Gasteiger partial charge is 0.309 e. The summed E-state index contributed by atoms with van der Waals surface area (Å²) in [4.78, 5) is 22.7. The number of hydrogen-bond donors (Lipinski definition) is 2. The van der Waals surface area contributed by atoms with E-state index in [1.54, 1.807) is 12.1 Å². The molecule has 98 valence electrons. The molecule has 0 atom stereocenters. The van der Waals surface area contributed by atoms with Crippen LogP contribution in [0.2, 0.25) is 5.02 Å². The third-order valence-corrected chi connectivity index (χ3v) is 3.15. The first-order chi connectivity index (χ1) is 8.24. The van der Waals surface area contributed by atoms with Crippen LogP contribution in [0.1, 0.15) is 25.8 Å². The SMILES string of the molecule is Cc1cccc(NC(=O)CC(C)(C)C(=O)O)c1Cl. The van der Waals surface area contributed by atoms with Crippen molar-refractivity contribution in [2.45, 2.75) is 27.2 Å². The van der Waals surface area contributed by atoms with Gasteiger partial charge in [-0.25, -0.2) is 0 Å². The molecular weight excluding hydrogens is 254 g/mol. The second-order valence-electron chi connectivity index (χ2n) is 4.85. The number of nitrogens with one attached hydrogen (secondary N) is 1. The lowest BCUT2D eigenvalue weighted by molar-refractivity contribution is -0.148. The van der Waals surface area contributed by atoms with Gasteiger partial charge in [0.1, 0.15) is 0 Å². The normalized spacial score (nSPS) is 11.1. The Morgan fingerprint density at radius 2 is 2.00 bits per heavy atom. The summed E-state index contributed by atoms with van der Waals surface area (Å²) in [6.45, 7) is 4.85. The highest BCUT2D eigenvalue weighted by atomic mass is 35.5. The summed E-state index contributed by atoms with van der Waals surface area (Å²) in [5.74, 6) is -1.37. The van der Waals surface area contributed by atoms with E-state index in [-0.39, 0.29) is 12.3 Å². The molecule has 0 spiro atoms. The van der Waals surface area contributed by atoms with Gasteiger partial charge in [-0.15, -0.1) is 0 Å². The standard InChI is InChI=1S/C13H16ClNO3/c1-8-5-4-6-9(11(8)14)15-10(16)7-13(2,3)12(17)18/h4-6H,7H2,1-3H3,(H,15,16)(H,17,18). The number of halogens is 1. The van der Waals surface area contributed by atoms with E-state index in [9.17, 15) is 9.59 Å². The molecule has 18 heavy (non-hydrogen) atoms. The molecule has 4 nitrogen and oxygen atoms in total. The van der Waals surface area contributed by atoms with Crippen LogP contribution in [0.3, 0.4) is 0 Å². The molecule has 0 radical (unpaired) electrons. The number of carbonyl (C=O) groups excluding carboxylic acids is 1. The number of anilines is 1. The molecule has 0 aliphatic rings. The summed E-state index contributed by atoms with van der Waals surface area (Å²) in [5, 5.41) is 12.0. The maximum Gasteiger partial charge on any atom is 0.309 e. The van der Waals surface area contributed by atoms with E-state index < -0.39 is 11.4 Å². The number of aliphatic carboxylic acids is 1. The van der Waals surface area contributed by atoms with E-state index in [1.165, 1.54) is 13.8 Å². The van der Waals surface area contributed by atoms with Crippen LogP contribution >= 0.6 is 11.6 Å². The molecular formula is C13H16ClNO3. The Labute approximate surface area is 111 Å². The predicted octanol–water partition coefficient (Wildman–Crippen LogP) is 3.09. The van der Waals surface area contributed by atoms with E-state index >= 15 is 0 Å². The van der Waals surface area contributed by atoms with Gasteiger partial charge < -0.3 is 10.4 Å². The number of amides is 1. The average Bonchev–Trinajstić information content (AvgIpc) is 2.23. The number of aryl methyl sites for hydroxylation is 1. The zero-order chi connectivity index (χ0) is 13.9. The van der Waals surface area contributed by atoms with E-state index in [0.29, 0.717) is 10.7 Å². The molecule has 0 aliphatic carbocycles. The van der Waals surface area contributed by atoms with Crippen molar-refractivity contribution < 1.29 is 14.7 Å². The van der Waals surface area contributed by atoms with Crippen LogP contribution in [-0.2, 0) is 9.59 Å². The first-order valence-electron chi connectivity index (χ1n) is 5.52. The fourth-order valence-electron chi connectivity index (χ4n) is 1.42. The van der Waals surface area contributed by atoms with Gasteiger partial charge >= 0.3 is 5.97 Å². The Kier molecular flexibility index (Phi) is 4.35. The molecule has 1 amide bonds. The van der Waals surface area contributed by atoms with Gasteiger partial charge in [0.2, 0.25) is 5.91 Å². The van der Waals surface area contributed by atoms with Gasteiger partial charge in [0.15, 0.2) is 0 Å². The highest BCUT2D eigenvalue weighted by molar-refractivity contribution is 6.34. The summed E-state index contributed by atoms with van der Waals surface area (Å²) in [5.41, 5.74) is 0.259. The van der Waals surface area contributed by atoms with E-state index in [1.807, 2.05) is 13.0 Å². The molecule has 5 heteroatoms. The van der Waals surface area contributed by atoms with Crippen LogP contribution in [-0.4, -0.2) is 17.0 Å². The van der Waals surface area contributed by atoms with Crippen LogP contribution in [0.5, 0.6) is 0 Å². The van der Waals surface area contributed by atoms with Crippen molar-refractivity contribution in [3.05, 3.63) is 28.8 Å². The quantitative estimate of drug-likeness (QED) is 0.883. The van der Waals surface area contributed by atoms with Crippen molar-refractivity contribution in [2.24, 2.45) is 5.41 Å². The molecule has 1 rings (SSSR count). The molecule has 0 aromatic heterocycles. The first-order valence-corrected chi connectivity index (χ1v) is 5.90. The second kappa shape index (κ2) is 5.40. The van der Waals surface area contributed by atoms with Crippen LogP contribution in [0.25, 0.3) is 0 Å². The Balaban J connectivity index is 2.77. The number of carbonyl (C=O) groups is 2. The lowest BCUT2D eigenvalue weighted by Crippen LogP contribution is -2.29. The predicted molar refractivity (Wildman–Crippen MR) is 70.9 cm³/mol. The van der Waals surface area contributed by atoms with Crippen molar-refractivity contribution in [1.29, 1.82) is 0 Å². The minimum atomic E-state index is -1.10. The third kappa shape index (κ3) is 3.47. The summed E-state index contributed by atoms with van der Waals surface area (Å²) < 4.78 is 0. The molecule has 0 saturated carbocycles. The zero-order valence-electron chi connectivity index (χ0n) is 10.6. The zero-order valence-corrected chi connectivity index (χ0v) is 11.3. The highest BCUT2D eigenvalue weighted by Crippen LogP contribution is 2.27. The minimum Gasteiger partial charge on any atom is -0.481 e. The number of hydrogen-bond acceptors (Lipinski definition) is 2. The molecule has 0 fully saturated rings. The third-order valence-electron chi connectivity index (χ3n) is 2.65. The maximum atomic E-state index is 11.8. The Hall–Kier alpha value is -1.55. The molecule has 0 unspecified atom stereocenters. The lowest BCUT2D eigenvalue weighted by atomic mass is 9.89. The molecule has 0 bridgehead atoms. The number of carboxylic acids is 1. The van der Waals surface area contributed by atoms with Gasteiger partial charge in [0, 0.05) is 6.42 Å². The Morgan fingerprint density at radius 3 is 2.56 bits per heavy atom. The largest absolute Gasteiger partial charge is 0.481 e. The van der Waals surface area contributed by atoms with Crippen molar-refractivity contribution >= 4 is 29.2 Å². The Bertz CT molecular complexity index is 483. The lowest BCUT2D eigenvalue weighted by Gasteiger charge is -2.18. The second-order valence-corrected chi connectivity index (χ2v) is 5.23. The number of benzene rings is 1. The summed E-state index contributed by atoms with van der Waals surface area (Å²) in [6.07, 6.45) is -0.105. The van der Waals surface area contributed by atoms with Crippen LogP contribution in [0, 0.1) is 12.3 Å². The van der Waals surface area contributed by atoms with Crippen LogP contribution < -0.4 is 5.32 Å². The van der Waals surface area contributed by atoms with Crippen LogP contribution in [0.4, 0.5) is 5.69 Å². The van der Waals surface area contributed by atoms with Gasteiger partial charge in [-0.05, 0) is 32.4 Å². The highest BCUT2D eigenvalue weighted by Gasteiger charge is 2.30. The van der Waals surface area contributed by atoms with Gasteiger partial charge in [0.25, 0.3) is 0 Å². The van der Waals surface area contributed by atoms with Crippen molar-refractivity contribution in [3.8, 4) is 0 Å². The van der Waals surface area contributed by atoms with Gasteiger partial charge in [0.05, 0.1) is 16.1 Å². The summed E-state index contributed by atoms with van der Waals surface area (Å²) >= 11 is 6.04. The van der Waals surface area contributed by atoms with Crippen molar-refractivity contribution in [3.63, 3.8) is 0 Å². The Morgan fingerprint density at radius 1 is 1.39 bits per heavy atom. The number of rotatable bonds is 4. The van der Waals surface area contributed by atoms with Crippen molar-refractivity contribution in [2.75, 3.05) is 5.32 Å². The van der Waals surface area contributed by atoms with Gasteiger partial charge in [-0.2, -0.15) is 0 Å². The minimum absolute atomic E-state index is 0.105. The van der Waals surface area contributed by atoms with E-state index in [2.05, 4.69) is 5.32 Å². The number of carboxylic acid groups (broad SMARTS) is 1. The molecule has 1 aromatic carbocycles. The van der Waals surface area contributed by atoms with Crippen LogP contribution in [0.15, 0.2) is 18.2 Å². The average molecular weight is 270 g/mol. The molecule has 0 aliphatic heterocycles. The van der Waals surface area contributed by atoms with E-state index in [0.717, 1.165) is 5.56 Å². The first kappa shape index (κ1) is 14.5. The fourth-order valence-corrected chi connectivity index (χ4v) is 1.59.